The molecule has 0 saturated heterocycles. The van der Waals surface area contributed by atoms with Crippen LogP contribution in [0.3, 0.4) is 0 Å². The van der Waals surface area contributed by atoms with Crippen molar-refractivity contribution in [3.8, 4) is 0 Å². The van der Waals surface area contributed by atoms with Gasteiger partial charge in [0.2, 0.25) is 0 Å². The van der Waals surface area contributed by atoms with Crippen LogP contribution >= 0.6 is 0 Å². The van der Waals surface area contributed by atoms with Crippen LogP contribution in [0.4, 0.5) is 0 Å². The van der Waals surface area contributed by atoms with E-state index in [9.17, 15) is 4.79 Å². The van der Waals surface area contributed by atoms with Crippen LogP contribution in [0.25, 0.3) is 5.65 Å². The van der Waals surface area contributed by atoms with E-state index < -0.39 is 0 Å². The lowest BCUT2D eigenvalue weighted by Crippen LogP contribution is -1.97. The van der Waals surface area contributed by atoms with Crippen LogP contribution < -0.4 is 0 Å². The lowest BCUT2D eigenvalue weighted by molar-refractivity contribution is -0.116. The molecule has 2 aromatic heterocycles. The van der Waals surface area contributed by atoms with Gasteiger partial charge in [0.15, 0.2) is 5.65 Å². The average molecular weight is 176 g/mol. The van der Waals surface area contributed by atoms with Crippen LogP contribution in [-0.2, 0) is 11.2 Å². The Hall–Kier alpha value is -1.78. The van der Waals surface area contributed by atoms with Gasteiger partial charge in [-0.25, -0.2) is 4.52 Å². The Labute approximate surface area is 74.4 Å². The molecule has 0 spiro atoms. The van der Waals surface area contributed by atoms with Gasteiger partial charge in [-0.05, 0) is 35.0 Å². The largest absolute Gasteiger partial charge is 0.300 e. The Bertz CT molecular complexity index is 448. The van der Waals surface area contributed by atoms with Gasteiger partial charge in [0, 0.05) is 12.6 Å². The fourth-order valence-electron chi connectivity index (χ4n) is 1.18. The van der Waals surface area contributed by atoms with Gasteiger partial charge in [0.1, 0.15) is 5.78 Å². The zero-order valence-corrected chi connectivity index (χ0v) is 7.14. The molecule has 0 aliphatic heterocycles. The zero-order valence-electron chi connectivity index (χ0n) is 7.14. The second-order valence-corrected chi connectivity index (χ2v) is 2.90. The summed E-state index contributed by atoms with van der Waals surface area (Å²) in [6.45, 7) is 1.56. The molecule has 2 heterocycles. The van der Waals surface area contributed by atoms with Gasteiger partial charge in [0.25, 0.3) is 0 Å². The minimum atomic E-state index is 0.136. The molecule has 0 bridgehead atoms. The number of aromatic nitrogens is 4. The van der Waals surface area contributed by atoms with Crippen molar-refractivity contribution < 1.29 is 4.79 Å². The van der Waals surface area contributed by atoms with Gasteiger partial charge in [-0.15, -0.1) is 5.10 Å². The quantitative estimate of drug-likeness (QED) is 0.658. The molecular weight excluding hydrogens is 168 g/mol. The molecule has 0 aromatic carbocycles. The summed E-state index contributed by atoms with van der Waals surface area (Å²) in [6, 6.07) is 3.64. The molecule has 0 N–H and O–H groups in total. The van der Waals surface area contributed by atoms with E-state index in [1.54, 1.807) is 23.7 Å². The van der Waals surface area contributed by atoms with Crippen molar-refractivity contribution in [2.75, 3.05) is 0 Å². The summed E-state index contributed by atoms with van der Waals surface area (Å²) in [5, 5.41) is 11.0. The molecule has 0 aliphatic rings. The summed E-state index contributed by atoms with van der Waals surface area (Å²) in [5.41, 5.74) is 1.61. The van der Waals surface area contributed by atoms with Crippen molar-refractivity contribution >= 4 is 11.4 Å². The predicted octanol–water partition coefficient (Wildman–Crippen LogP) is 0.256. The molecule has 13 heavy (non-hydrogen) atoms. The first-order valence-corrected chi connectivity index (χ1v) is 3.92. The number of carbonyl (C=O) groups is 1. The number of ketones is 1. The summed E-state index contributed by atoms with van der Waals surface area (Å²) < 4.78 is 1.56. The summed E-state index contributed by atoms with van der Waals surface area (Å²) in [7, 11) is 0. The first-order chi connectivity index (χ1) is 6.25. The van der Waals surface area contributed by atoms with Crippen LogP contribution in [0.15, 0.2) is 18.3 Å². The third-order valence-corrected chi connectivity index (χ3v) is 1.72. The van der Waals surface area contributed by atoms with E-state index >= 15 is 0 Å². The molecule has 0 radical (unpaired) electrons. The third-order valence-electron chi connectivity index (χ3n) is 1.72. The number of hydrogen-bond acceptors (Lipinski definition) is 4. The molecule has 2 aromatic rings. The van der Waals surface area contributed by atoms with Gasteiger partial charge in [-0.2, -0.15) is 0 Å². The summed E-state index contributed by atoms with van der Waals surface area (Å²) >= 11 is 0. The van der Waals surface area contributed by atoms with Gasteiger partial charge in [-0.3, -0.25) is 4.79 Å². The molecule has 0 unspecified atom stereocenters. The number of tetrazole rings is 1. The van der Waals surface area contributed by atoms with Crippen molar-refractivity contribution in [2.24, 2.45) is 0 Å². The highest BCUT2D eigenvalue weighted by Gasteiger charge is 2.00. The lowest BCUT2D eigenvalue weighted by Gasteiger charge is -1.96. The van der Waals surface area contributed by atoms with E-state index in [1.807, 2.05) is 6.07 Å². The highest BCUT2D eigenvalue weighted by molar-refractivity contribution is 5.78. The Morgan fingerprint density at radius 2 is 2.46 bits per heavy atom. The van der Waals surface area contributed by atoms with Crippen LogP contribution in [0.1, 0.15) is 12.5 Å². The maximum Gasteiger partial charge on any atom is 0.179 e. The summed E-state index contributed by atoms with van der Waals surface area (Å²) in [4.78, 5) is 10.8. The second kappa shape index (κ2) is 2.93. The molecule has 0 atom stereocenters. The lowest BCUT2D eigenvalue weighted by atomic mass is 10.1. The number of carbonyl (C=O) groups excluding carboxylic acids is 1. The Kier molecular flexibility index (Phi) is 1.77. The Morgan fingerprint density at radius 3 is 3.23 bits per heavy atom. The number of hydrogen-bond donors (Lipinski definition) is 0. The average Bonchev–Trinajstić information content (AvgIpc) is 2.49. The first kappa shape index (κ1) is 7.85. The minimum absolute atomic E-state index is 0.136. The molecule has 66 valence electrons. The third kappa shape index (κ3) is 1.53. The minimum Gasteiger partial charge on any atom is -0.300 e. The normalized spacial score (nSPS) is 10.5. The highest BCUT2D eigenvalue weighted by Crippen LogP contribution is 2.03. The molecule has 5 nitrogen and oxygen atoms in total. The van der Waals surface area contributed by atoms with Crippen LogP contribution in [0.5, 0.6) is 0 Å². The van der Waals surface area contributed by atoms with Crippen molar-refractivity contribution in [1.29, 1.82) is 0 Å². The second-order valence-electron chi connectivity index (χ2n) is 2.90. The topological polar surface area (TPSA) is 60.2 Å². The van der Waals surface area contributed by atoms with Crippen molar-refractivity contribution in [3.05, 3.63) is 23.9 Å². The van der Waals surface area contributed by atoms with E-state index in [2.05, 4.69) is 15.5 Å². The van der Waals surface area contributed by atoms with Gasteiger partial charge >= 0.3 is 0 Å². The Morgan fingerprint density at radius 1 is 1.62 bits per heavy atom. The van der Waals surface area contributed by atoms with Crippen molar-refractivity contribution in [2.45, 2.75) is 13.3 Å². The summed E-state index contributed by atoms with van der Waals surface area (Å²) in [5.74, 6) is 0.136. The molecule has 0 aliphatic carbocycles. The Balaban J connectivity index is 2.42. The molecule has 0 saturated carbocycles. The highest BCUT2D eigenvalue weighted by atomic mass is 16.1. The van der Waals surface area contributed by atoms with E-state index in [0.29, 0.717) is 12.1 Å². The predicted molar refractivity (Wildman–Crippen MR) is 45.2 cm³/mol. The van der Waals surface area contributed by atoms with E-state index in [0.717, 1.165) is 5.56 Å². The van der Waals surface area contributed by atoms with Gasteiger partial charge < -0.3 is 0 Å². The maximum absolute atomic E-state index is 10.8. The fraction of sp³-hybridized carbons (Fsp3) is 0.250. The van der Waals surface area contributed by atoms with E-state index in [-0.39, 0.29) is 5.78 Å². The molecule has 0 fully saturated rings. The SMILES string of the molecule is CC(=O)Cc1ccn2nnnc2c1. The molecule has 2 rings (SSSR count). The van der Waals surface area contributed by atoms with Crippen LogP contribution in [-0.4, -0.2) is 25.8 Å². The molecule has 0 amide bonds. The summed E-state index contributed by atoms with van der Waals surface area (Å²) in [6.07, 6.45) is 2.18. The smallest absolute Gasteiger partial charge is 0.179 e. The fourth-order valence-corrected chi connectivity index (χ4v) is 1.18. The monoisotopic (exact) mass is 176 g/mol. The number of rotatable bonds is 2. The molecule has 5 heteroatoms. The number of fused-ring (bicyclic) bond motifs is 1. The van der Waals surface area contributed by atoms with Crippen molar-refractivity contribution in [3.63, 3.8) is 0 Å². The number of Topliss-reactive ketones (excluding diaryl/α,β-unsaturated/α-hetero) is 1. The zero-order chi connectivity index (χ0) is 9.26. The maximum atomic E-state index is 10.8. The van der Waals surface area contributed by atoms with E-state index in [1.165, 1.54) is 0 Å². The van der Waals surface area contributed by atoms with E-state index in [4.69, 9.17) is 0 Å². The molecular formula is C8H8N4O. The van der Waals surface area contributed by atoms with Crippen molar-refractivity contribution in [1.82, 2.24) is 20.0 Å². The number of pyridine rings is 1. The standard InChI is InChI=1S/C8H8N4O/c1-6(13)4-7-2-3-12-8(5-7)9-10-11-12/h2-3,5H,4H2,1H3. The van der Waals surface area contributed by atoms with Crippen LogP contribution in [0.2, 0.25) is 0 Å². The number of nitrogens with zero attached hydrogens (tertiary/aromatic N) is 4. The van der Waals surface area contributed by atoms with Gasteiger partial charge in [-0.1, -0.05) is 0 Å². The van der Waals surface area contributed by atoms with Crippen LogP contribution in [0, 0.1) is 0 Å². The first-order valence-electron chi connectivity index (χ1n) is 3.92. The van der Waals surface area contributed by atoms with Gasteiger partial charge in [0.05, 0.1) is 0 Å².